The number of esters is 2. The first kappa shape index (κ1) is 34.2. The Morgan fingerprint density at radius 2 is 1.52 bits per heavy atom. The number of dihydropyridines is 1. The van der Waals surface area contributed by atoms with Gasteiger partial charge >= 0.3 is 11.9 Å². The molecule has 11 nitrogen and oxygen atoms in total. The first-order valence-corrected chi connectivity index (χ1v) is 15.6. The van der Waals surface area contributed by atoms with Gasteiger partial charge in [-0.25, -0.2) is 18.4 Å². The van der Waals surface area contributed by atoms with Crippen molar-refractivity contribution in [1.29, 1.82) is 0 Å². The zero-order valence-corrected chi connectivity index (χ0v) is 26.7. The van der Waals surface area contributed by atoms with Crippen LogP contribution in [0.2, 0.25) is 0 Å². The van der Waals surface area contributed by atoms with Crippen LogP contribution in [0.3, 0.4) is 0 Å². The molecule has 1 unspecified atom stereocenters. The van der Waals surface area contributed by atoms with E-state index in [9.17, 15) is 28.5 Å². The molecule has 3 aromatic carbocycles. The van der Waals surface area contributed by atoms with E-state index >= 15 is 0 Å². The fourth-order valence-corrected chi connectivity index (χ4v) is 6.21. The zero-order valence-electron chi connectivity index (χ0n) is 26.7. The number of halogens is 2. The number of ether oxygens (including phenoxy) is 2. The van der Waals surface area contributed by atoms with Gasteiger partial charge in [0.15, 0.2) is 0 Å². The number of nitrogens with zero attached hydrogens (tertiary/aromatic N) is 3. The van der Waals surface area contributed by atoms with Crippen molar-refractivity contribution in [2.45, 2.75) is 25.8 Å². The van der Waals surface area contributed by atoms with Gasteiger partial charge in [0.25, 0.3) is 5.69 Å². The number of piperazine rings is 1. The first-order chi connectivity index (χ1) is 23.1. The summed E-state index contributed by atoms with van der Waals surface area (Å²) in [5.74, 6) is -3.20. The molecule has 1 saturated heterocycles. The summed E-state index contributed by atoms with van der Waals surface area (Å²) in [4.78, 5) is 42.1. The Kier molecular flexibility index (Phi) is 10.8. The maximum atomic E-state index is 13.7. The Morgan fingerprint density at radius 1 is 0.938 bits per heavy atom. The number of benzene rings is 3. The molecule has 0 saturated carbocycles. The van der Waals surface area contributed by atoms with Crippen molar-refractivity contribution in [3.63, 3.8) is 0 Å². The maximum absolute atomic E-state index is 13.7. The van der Waals surface area contributed by atoms with Crippen LogP contribution in [0, 0.1) is 21.7 Å². The van der Waals surface area contributed by atoms with E-state index in [0.717, 1.165) is 11.1 Å². The van der Waals surface area contributed by atoms with E-state index in [-0.39, 0.29) is 53.5 Å². The average molecular weight is 662 g/mol. The van der Waals surface area contributed by atoms with Crippen LogP contribution in [0.1, 0.15) is 42.5 Å². The Morgan fingerprint density at radius 3 is 2.08 bits per heavy atom. The molecule has 2 aliphatic heterocycles. The number of non-ortho nitro benzene ring substituents is 1. The molecule has 13 heteroatoms. The number of carbonyl (C=O) groups excluding carboxylic acids is 2. The van der Waals surface area contributed by atoms with Gasteiger partial charge in [0.1, 0.15) is 24.1 Å². The van der Waals surface area contributed by atoms with Gasteiger partial charge in [-0.15, -0.1) is 0 Å². The summed E-state index contributed by atoms with van der Waals surface area (Å²) >= 11 is 0. The number of rotatable bonds is 11. The van der Waals surface area contributed by atoms with E-state index in [1.165, 1.54) is 42.5 Å². The van der Waals surface area contributed by atoms with Gasteiger partial charge in [0.2, 0.25) is 0 Å². The second-order valence-electron chi connectivity index (χ2n) is 11.5. The van der Waals surface area contributed by atoms with E-state index in [2.05, 4.69) is 15.1 Å². The normalized spacial score (nSPS) is 17.3. The lowest BCUT2D eigenvalue weighted by atomic mass is 9.81. The van der Waals surface area contributed by atoms with Gasteiger partial charge in [0, 0.05) is 50.6 Å². The summed E-state index contributed by atoms with van der Waals surface area (Å²) in [6.07, 6.45) is 0. The second kappa shape index (κ2) is 15.2. The fraction of sp³-hybridized carbons (Fsp3) is 0.314. The van der Waals surface area contributed by atoms with Crippen LogP contribution in [0.4, 0.5) is 14.5 Å². The molecule has 0 aromatic heterocycles. The van der Waals surface area contributed by atoms with Crippen LogP contribution in [0.15, 0.2) is 95.5 Å². The third kappa shape index (κ3) is 7.69. The van der Waals surface area contributed by atoms with Gasteiger partial charge in [-0.05, 0) is 54.8 Å². The number of nitrogens with two attached hydrogens (primary N) is 1. The summed E-state index contributed by atoms with van der Waals surface area (Å²) in [7, 11) is 0. The number of hydrogen-bond acceptors (Lipinski definition) is 10. The Balaban J connectivity index is 1.27. The lowest BCUT2D eigenvalue weighted by Gasteiger charge is -2.39. The van der Waals surface area contributed by atoms with Gasteiger partial charge in [-0.3, -0.25) is 19.9 Å². The highest BCUT2D eigenvalue weighted by atomic mass is 19.1. The van der Waals surface area contributed by atoms with Crippen molar-refractivity contribution in [2.24, 2.45) is 5.73 Å². The highest BCUT2D eigenvalue weighted by Crippen LogP contribution is 2.39. The Hall–Kier alpha value is -5.14. The van der Waals surface area contributed by atoms with E-state index in [4.69, 9.17) is 15.2 Å². The lowest BCUT2D eigenvalue weighted by Crippen LogP contribution is -2.48. The molecule has 3 N–H and O–H groups in total. The van der Waals surface area contributed by atoms with Crippen molar-refractivity contribution >= 4 is 17.6 Å². The summed E-state index contributed by atoms with van der Waals surface area (Å²) in [5.41, 5.74) is 8.51. The van der Waals surface area contributed by atoms with Gasteiger partial charge in [-0.2, -0.15) is 0 Å². The maximum Gasteiger partial charge on any atom is 0.338 e. The van der Waals surface area contributed by atoms with E-state index in [0.29, 0.717) is 44.0 Å². The molecule has 2 aliphatic rings. The topological polar surface area (TPSA) is 140 Å². The minimum absolute atomic E-state index is 0.0172. The van der Waals surface area contributed by atoms with Crippen molar-refractivity contribution in [3.8, 4) is 0 Å². The Bertz CT molecular complexity index is 1670. The zero-order chi connectivity index (χ0) is 34.4. The highest BCUT2D eigenvalue weighted by molar-refractivity contribution is 5.99. The number of allylic oxidation sites excluding steroid dienone is 1. The molecule has 48 heavy (non-hydrogen) atoms. The van der Waals surface area contributed by atoms with Gasteiger partial charge in [0.05, 0.1) is 34.6 Å². The number of nitrogens with one attached hydrogen (secondary N) is 1. The van der Waals surface area contributed by atoms with Crippen LogP contribution in [-0.4, -0.2) is 72.6 Å². The third-order valence-electron chi connectivity index (χ3n) is 8.51. The molecule has 5 rings (SSSR count). The molecule has 1 atom stereocenters. The SMILES string of the molecule is CCOC(=O)C1=C(N)NC(C)=C(C(=O)OCCN2CCN(C(c3ccc(F)cc3)c3ccc(F)cc3)CC2)C1c1cccc([N+](=O)[O-])c1. The minimum Gasteiger partial charge on any atom is -0.463 e. The first-order valence-electron chi connectivity index (χ1n) is 15.6. The molecule has 0 bridgehead atoms. The summed E-state index contributed by atoms with van der Waals surface area (Å²) in [6, 6.07) is 18.1. The number of carbonyl (C=O) groups is 2. The monoisotopic (exact) mass is 661 g/mol. The molecule has 252 valence electrons. The quantitative estimate of drug-likeness (QED) is 0.171. The highest BCUT2D eigenvalue weighted by Gasteiger charge is 2.39. The standard InChI is InChI=1S/C35H37F2N5O6/c1-3-47-35(44)31-30(25-5-4-6-28(21-25)42(45)46)29(22(2)39-33(31)38)34(43)48-20-19-40-15-17-41(18-16-40)32(23-7-11-26(36)12-8-23)24-9-13-27(37)14-10-24/h4-14,21,30,32,39H,3,15-20,38H2,1-2H3. The van der Waals surface area contributed by atoms with Crippen molar-refractivity contribution in [1.82, 2.24) is 15.1 Å². The van der Waals surface area contributed by atoms with Crippen molar-refractivity contribution in [2.75, 3.05) is 45.9 Å². The number of hydrogen-bond donors (Lipinski definition) is 2. The molecular weight excluding hydrogens is 624 g/mol. The molecule has 0 spiro atoms. The predicted molar refractivity (Wildman–Crippen MR) is 173 cm³/mol. The summed E-state index contributed by atoms with van der Waals surface area (Å²) in [5, 5.41) is 14.4. The van der Waals surface area contributed by atoms with Gasteiger partial charge < -0.3 is 20.5 Å². The summed E-state index contributed by atoms with van der Waals surface area (Å²) in [6.45, 7) is 6.41. The minimum atomic E-state index is -1.06. The van der Waals surface area contributed by atoms with Crippen LogP contribution in [-0.2, 0) is 19.1 Å². The van der Waals surface area contributed by atoms with Crippen molar-refractivity contribution in [3.05, 3.63) is 134 Å². The van der Waals surface area contributed by atoms with E-state index in [1.807, 2.05) is 0 Å². The second-order valence-corrected chi connectivity index (χ2v) is 11.5. The average Bonchev–Trinajstić information content (AvgIpc) is 3.07. The molecular formula is C35H37F2N5O6. The van der Waals surface area contributed by atoms with Crippen LogP contribution < -0.4 is 11.1 Å². The molecule has 3 aromatic rings. The number of nitro groups is 1. The number of nitro benzene ring substituents is 1. The molecule has 0 radical (unpaired) electrons. The van der Waals surface area contributed by atoms with Gasteiger partial charge in [-0.1, -0.05) is 36.4 Å². The smallest absolute Gasteiger partial charge is 0.338 e. The molecule has 1 fully saturated rings. The lowest BCUT2D eigenvalue weighted by molar-refractivity contribution is -0.384. The predicted octanol–water partition coefficient (Wildman–Crippen LogP) is 4.52. The molecule has 0 aliphatic carbocycles. The fourth-order valence-electron chi connectivity index (χ4n) is 6.21. The largest absolute Gasteiger partial charge is 0.463 e. The molecule has 2 heterocycles. The van der Waals surface area contributed by atoms with E-state index in [1.54, 1.807) is 44.2 Å². The van der Waals surface area contributed by atoms with E-state index < -0.39 is 22.8 Å². The summed E-state index contributed by atoms with van der Waals surface area (Å²) < 4.78 is 38.4. The van der Waals surface area contributed by atoms with Crippen LogP contribution in [0.5, 0.6) is 0 Å². The van der Waals surface area contributed by atoms with Crippen molar-refractivity contribution < 1.29 is 32.8 Å². The molecule has 0 amide bonds. The third-order valence-corrected chi connectivity index (χ3v) is 8.51. The van der Waals surface area contributed by atoms with Crippen LogP contribution in [0.25, 0.3) is 0 Å². The van der Waals surface area contributed by atoms with Crippen LogP contribution >= 0.6 is 0 Å². The Labute approximate surface area is 276 Å².